The molecule has 1 saturated heterocycles. The quantitative estimate of drug-likeness (QED) is 0.821. The number of allylic oxidation sites excluding steroid dienone is 2. The number of piperazine rings is 1. The molecule has 0 spiro atoms. The van der Waals surface area contributed by atoms with Gasteiger partial charge < -0.3 is 10.2 Å². The Kier molecular flexibility index (Phi) is 4.27. The number of fused-ring (bicyclic) bond motifs is 1. The molecule has 0 unspecified atom stereocenters. The topological polar surface area (TPSA) is 88.0 Å². The summed E-state index contributed by atoms with van der Waals surface area (Å²) in [6, 6.07) is 0. The zero-order valence-corrected chi connectivity index (χ0v) is 13.9. The van der Waals surface area contributed by atoms with E-state index >= 15 is 0 Å². The van der Waals surface area contributed by atoms with E-state index in [0.717, 1.165) is 26.2 Å². The molecule has 2 N–H and O–H groups in total. The van der Waals surface area contributed by atoms with Crippen molar-refractivity contribution in [3.8, 4) is 0 Å². The van der Waals surface area contributed by atoms with Crippen molar-refractivity contribution < 1.29 is 0 Å². The molecular weight excluding hydrogens is 320 g/mol. The van der Waals surface area contributed by atoms with Crippen LogP contribution in [0.5, 0.6) is 0 Å². The minimum absolute atomic E-state index is 0.342. The van der Waals surface area contributed by atoms with Crippen LogP contribution in [0.15, 0.2) is 20.7 Å². The maximum atomic E-state index is 12.3. The van der Waals surface area contributed by atoms with Crippen LogP contribution in [0.2, 0.25) is 0 Å². The molecule has 3 heterocycles. The van der Waals surface area contributed by atoms with Gasteiger partial charge in [0.05, 0.1) is 6.54 Å². The Balaban J connectivity index is 2.27. The van der Waals surface area contributed by atoms with E-state index in [2.05, 4.69) is 20.2 Å². The Labute approximate surface area is 137 Å². The number of hydrogen-bond donors (Lipinski definition) is 2. The fraction of sp³-hybridized carbons (Fsp3) is 0.500. The van der Waals surface area contributed by atoms with E-state index in [4.69, 9.17) is 11.6 Å². The summed E-state index contributed by atoms with van der Waals surface area (Å²) in [5, 5.41) is 3.89. The molecule has 1 aliphatic heterocycles. The number of hydrogen-bond acceptors (Lipinski definition) is 5. The Hall–Kier alpha value is -2.06. The highest BCUT2D eigenvalue weighted by atomic mass is 35.5. The lowest BCUT2D eigenvalue weighted by atomic mass is 10.4. The van der Waals surface area contributed by atoms with E-state index in [-0.39, 0.29) is 0 Å². The maximum Gasteiger partial charge on any atom is 0.329 e. The first-order chi connectivity index (χ1) is 11.0. The van der Waals surface area contributed by atoms with Gasteiger partial charge in [-0.2, -0.15) is 4.98 Å². The second kappa shape index (κ2) is 6.21. The van der Waals surface area contributed by atoms with E-state index in [1.165, 1.54) is 4.57 Å². The highest BCUT2D eigenvalue weighted by Crippen LogP contribution is 2.22. The van der Waals surface area contributed by atoms with Crippen LogP contribution in [0.25, 0.3) is 11.2 Å². The predicted molar refractivity (Wildman–Crippen MR) is 90.3 cm³/mol. The van der Waals surface area contributed by atoms with Gasteiger partial charge in [-0.3, -0.25) is 18.9 Å². The molecule has 0 saturated carbocycles. The zero-order valence-electron chi connectivity index (χ0n) is 13.1. The van der Waals surface area contributed by atoms with Gasteiger partial charge in [0, 0.05) is 38.3 Å². The number of rotatable bonds is 3. The minimum Gasteiger partial charge on any atom is -0.340 e. The van der Waals surface area contributed by atoms with Gasteiger partial charge in [-0.1, -0.05) is 17.7 Å². The van der Waals surface area contributed by atoms with Gasteiger partial charge in [-0.25, -0.2) is 4.79 Å². The van der Waals surface area contributed by atoms with Crippen LogP contribution in [0.4, 0.5) is 5.95 Å². The summed E-state index contributed by atoms with van der Waals surface area (Å²) in [5.74, 6) is 0.660. The highest BCUT2D eigenvalue weighted by Gasteiger charge is 2.22. The first kappa shape index (κ1) is 15.8. The molecule has 0 aromatic carbocycles. The van der Waals surface area contributed by atoms with Crippen molar-refractivity contribution in [2.45, 2.75) is 13.5 Å². The molecule has 0 radical (unpaired) electrons. The zero-order chi connectivity index (χ0) is 16.6. The summed E-state index contributed by atoms with van der Waals surface area (Å²) in [5.41, 5.74) is -0.192. The summed E-state index contributed by atoms with van der Waals surface area (Å²) < 4.78 is 3.13. The SMILES string of the molecule is C/C=C(\Cl)Cn1c(N2CCNCC2)nc2c1c(=O)[nH]c(=O)n2C. The lowest BCUT2D eigenvalue weighted by molar-refractivity contribution is 0.572. The second-order valence-electron chi connectivity index (χ2n) is 5.46. The monoisotopic (exact) mass is 338 g/mol. The summed E-state index contributed by atoms with van der Waals surface area (Å²) >= 11 is 6.19. The number of H-pyrrole nitrogens is 1. The molecule has 0 atom stereocenters. The van der Waals surface area contributed by atoms with E-state index in [0.29, 0.717) is 28.7 Å². The molecule has 124 valence electrons. The Morgan fingerprint density at radius 3 is 2.70 bits per heavy atom. The number of aryl methyl sites for hydroxylation is 1. The van der Waals surface area contributed by atoms with E-state index in [1.54, 1.807) is 17.7 Å². The molecule has 1 fully saturated rings. The van der Waals surface area contributed by atoms with Gasteiger partial charge in [-0.05, 0) is 6.92 Å². The average Bonchev–Trinajstić information content (AvgIpc) is 2.93. The van der Waals surface area contributed by atoms with Crippen molar-refractivity contribution >= 4 is 28.7 Å². The normalized spacial score (nSPS) is 16.3. The number of nitrogens with zero attached hydrogens (tertiary/aromatic N) is 4. The number of aromatic nitrogens is 4. The molecule has 0 aliphatic carbocycles. The molecule has 0 amide bonds. The average molecular weight is 339 g/mol. The largest absolute Gasteiger partial charge is 0.340 e. The molecule has 1 aliphatic rings. The van der Waals surface area contributed by atoms with Crippen molar-refractivity contribution in [3.05, 3.63) is 31.9 Å². The first-order valence-corrected chi connectivity index (χ1v) is 7.86. The smallest absolute Gasteiger partial charge is 0.329 e. The van der Waals surface area contributed by atoms with Crippen LogP contribution in [0.3, 0.4) is 0 Å². The molecule has 23 heavy (non-hydrogen) atoms. The fourth-order valence-corrected chi connectivity index (χ4v) is 2.84. The third-order valence-corrected chi connectivity index (χ3v) is 4.35. The Morgan fingerprint density at radius 1 is 1.35 bits per heavy atom. The van der Waals surface area contributed by atoms with Crippen LogP contribution in [0.1, 0.15) is 6.92 Å². The van der Waals surface area contributed by atoms with Crippen molar-refractivity contribution in [3.63, 3.8) is 0 Å². The van der Waals surface area contributed by atoms with Crippen LogP contribution in [-0.2, 0) is 13.6 Å². The Morgan fingerprint density at radius 2 is 2.04 bits per heavy atom. The fourth-order valence-electron chi connectivity index (χ4n) is 2.72. The third-order valence-electron chi connectivity index (χ3n) is 4.01. The van der Waals surface area contributed by atoms with Crippen molar-refractivity contribution in [1.29, 1.82) is 0 Å². The number of halogens is 1. The van der Waals surface area contributed by atoms with Crippen LogP contribution in [-0.4, -0.2) is 45.3 Å². The van der Waals surface area contributed by atoms with Gasteiger partial charge >= 0.3 is 5.69 Å². The van der Waals surface area contributed by atoms with E-state index in [1.807, 2.05) is 6.92 Å². The highest BCUT2D eigenvalue weighted by molar-refractivity contribution is 6.29. The van der Waals surface area contributed by atoms with Crippen molar-refractivity contribution in [2.75, 3.05) is 31.1 Å². The van der Waals surface area contributed by atoms with Crippen molar-refractivity contribution in [2.24, 2.45) is 7.05 Å². The second-order valence-corrected chi connectivity index (χ2v) is 5.95. The van der Waals surface area contributed by atoms with Crippen molar-refractivity contribution in [1.82, 2.24) is 24.4 Å². The maximum absolute atomic E-state index is 12.3. The molecule has 0 bridgehead atoms. The summed E-state index contributed by atoms with van der Waals surface area (Å²) in [6.07, 6.45) is 1.78. The van der Waals surface area contributed by atoms with Gasteiger partial charge in [-0.15, -0.1) is 0 Å². The lowest BCUT2D eigenvalue weighted by Gasteiger charge is -2.28. The molecule has 8 nitrogen and oxygen atoms in total. The van der Waals surface area contributed by atoms with Gasteiger partial charge in [0.1, 0.15) is 0 Å². The lowest BCUT2D eigenvalue weighted by Crippen LogP contribution is -2.44. The standard InChI is InChI=1S/C14H19ClN6O2/c1-3-9(15)8-21-10-11(19(2)14(23)18-12(10)22)17-13(21)20-6-4-16-5-7-20/h3,16H,4-8H2,1-2H3,(H,18,22,23)/b9-3-. The van der Waals surface area contributed by atoms with Gasteiger partial charge in [0.2, 0.25) is 5.95 Å². The minimum atomic E-state index is -0.476. The summed E-state index contributed by atoms with van der Waals surface area (Å²) in [7, 11) is 1.59. The van der Waals surface area contributed by atoms with E-state index < -0.39 is 11.2 Å². The number of anilines is 1. The van der Waals surface area contributed by atoms with Gasteiger partial charge in [0.15, 0.2) is 11.2 Å². The molecule has 3 rings (SSSR count). The van der Waals surface area contributed by atoms with Crippen LogP contribution in [0, 0.1) is 0 Å². The summed E-state index contributed by atoms with van der Waals surface area (Å²) in [4.78, 5) is 33.1. The molecule has 2 aromatic rings. The molecular formula is C14H19ClN6O2. The third kappa shape index (κ3) is 2.79. The number of imidazole rings is 1. The van der Waals surface area contributed by atoms with Gasteiger partial charge in [0.25, 0.3) is 5.56 Å². The number of nitrogens with one attached hydrogen (secondary N) is 2. The summed E-state index contributed by atoms with van der Waals surface area (Å²) in [6.45, 7) is 5.43. The van der Waals surface area contributed by atoms with Crippen LogP contribution >= 0.6 is 11.6 Å². The van der Waals surface area contributed by atoms with E-state index in [9.17, 15) is 9.59 Å². The first-order valence-electron chi connectivity index (χ1n) is 7.49. The number of aromatic amines is 1. The molecule has 2 aromatic heterocycles. The predicted octanol–water partition coefficient (Wildman–Crippen LogP) is -0.0245. The van der Waals surface area contributed by atoms with Crippen LogP contribution < -0.4 is 21.5 Å². The molecule has 9 heteroatoms. The Bertz CT molecular complexity index is 872.